The summed E-state index contributed by atoms with van der Waals surface area (Å²) in [6.45, 7) is 1.29. The molecule has 0 bridgehead atoms. The Hall–Kier alpha value is -1.45. The van der Waals surface area contributed by atoms with Gasteiger partial charge in [-0.3, -0.25) is 0 Å². The highest BCUT2D eigenvalue weighted by atomic mass is 79.9. The normalized spacial score (nSPS) is 15.5. The molecule has 1 aliphatic rings. The van der Waals surface area contributed by atoms with Crippen LogP contribution in [0.15, 0.2) is 51.8 Å². The SMILES string of the molecule is O=C(OCc1ccc(Br)cc1)c1cc(S(=O)(=O)N2CCOCC2)ccc1Cl. The highest BCUT2D eigenvalue weighted by molar-refractivity contribution is 9.10. The molecular formula is C18H17BrClNO5S. The van der Waals surface area contributed by atoms with E-state index in [9.17, 15) is 13.2 Å². The van der Waals surface area contributed by atoms with Crippen molar-refractivity contribution >= 4 is 43.5 Å². The summed E-state index contributed by atoms with van der Waals surface area (Å²) in [6, 6.07) is 11.4. The number of halogens is 2. The number of hydrogen-bond donors (Lipinski definition) is 0. The van der Waals surface area contributed by atoms with E-state index in [1.54, 1.807) is 0 Å². The number of benzene rings is 2. The number of nitrogens with zero attached hydrogens (tertiary/aromatic N) is 1. The van der Waals surface area contributed by atoms with Gasteiger partial charge in [0.2, 0.25) is 10.0 Å². The molecule has 6 nitrogen and oxygen atoms in total. The Balaban J connectivity index is 1.78. The summed E-state index contributed by atoms with van der Waals surface area (Å²) < 4.78 is 38.2. The van der Waals surface area contributed by atoms with E-state index in [1.807, 2.05) is 24.3 Å². The molecule has 0 atom stereocenters. The molecule has 2 aromatic rings. The third-order valence-corrected chi connectivity index (χ3v) is 6.80. The van der Waals surface area contributed by atoms with Crippen LogP contribution in [-0.4, -0.2) is 45.0 Å². The molecular weight excluding hydrogens is 458 g/mol. The molecule has 1 heterocycles. The molecule has 1 aliphatic heterocycles. The Morgan fingerprint density at radius 3 is 2.48 bits per heavy atom. The van der Waals surface area contributed by atoms with E-state index in [4.69, 9.17) is 21.1 Å². The lowest BCUT2D eigenvalue weighted by atomic mass is 10.2. The van der Waals surface area contributed by atoms with Crippen LogP contribution >= 0.6 is 27.5 Å². The zero-order valence-electron chi connectivity index (χ0n) is 14.2. The topological polar surface area (TPSA) is 72.9 Å². The summed E-state index contributed by atoms with van der Waals surface area (Å²) in [5.41, 5.74) is 0.822. The van der Waals surface area contributed by atoms with Gasteiger partial charge in [-0.15, -0.1) is 0 Å². The molecule has 0 radical (unpaired) electrons. The second-order valence-corrected chi connectivity index (χ2v) is 9.12. The van der Waals surface area contributed by atoms with E-state index < -0.39 is 16.0 Å². The minimum atomic E-state index is -3.72. The van der Waals surface area contributed by atoms with Crippen LogP contribution in [0.2, 0.25) is 5.02 Å². The van der Waals surface area contributed by atoms with Crippen LogP contribution in [0.5, 0.6) is 0 Å². The van der Waals surface area contributed by atoms with Gasteiger partial charge in [-0.25, -0.2) is 13.2 Å². The zero-order chi connectivity index (χ0) is 19.4. The van der Waals surface area contributed by atoms with Gasteiger partial charge in [0.1, 0.15) is 6.61 Å². The third kappa shape index (κ3) is 4.89. The van der Waals surface area contributed by atoms with Crippen molar-refractivity contribution < 1.29 is 22.7 Å². The first-order valence-electron chi connectivity index (χ1n) is 8.17. The quantitative estimate of drug-likeness (QED) is 0.620. The van der Waals surface area contributed by atoms with Crippen LogP contribution in [-0.2, 0) is 26.1 Å². The number of ether oxygens (including phenoxy) is 2. The molecule has 27 heavy (non-hydrogen) atoms. The second-order valence-electron chi connectivity index (χ2n) is 5.86. The van der Waals surface area contributed by atoms with Gasteiger partial charge in [0, 0.05) is 17.6 Å². The van der Waals surface area contributed by atoms with E-state index in [0.717, 1.165) is 10.0 Å². The van der Waals surface area contributed by atoms with E-state index in [0.29, 0.717) is 13.2 Å². The fourth-order valence-electron chi connectivity index (χ4n) is 2.56. The van der Waals surface area contributed by atoms with Crippen LogP contribution in [0.1, 0.15) is 15.9 Å². The van der Waals surface area contributed by atoms with Crippen molar-refractivity contribution in [1.29, 1.82) is 0 Å². The summed E-state index contributed by atoms with van der Waals surface area (Å²) in [4.78, 5) is 12.4. The first-order chi connectivity index (χ1) is 12.9. The molecule has 3 rings (SSSR count). The Bertz CT molecular complexity index is 927. The molecule has 2 aromatic carbocycles. The Morgan fingerprint density at radius 1 is 1.15 bits per heavy atom. The Kier molecular flexibility index (Phi) is 6.54. The lowest BCUT2D eigenvalue weighted by Gasteiger charge is -2.26. The standard InChI is InChI=1S/C18H17BrClNO5S/c19-14-3-1-13(2-4-14)12-26-18(22)16-11-15(5-6-17(16)20)27(23,24)21-7-9-25-10-8-21/h1-6,11H,7-10,12H2. The summed E-state index contributed by atoms with van der Waals surface area (Å²) in [5.74, 6) is -0.679. The number of hydrogen-bond acceptors (Lipinski definition) is 5. The molecule has 0 unspecified atom stereocenters. The van der Waals surface area contributed by atoms with E-state index in [-0.39, 0.29) is 35.2 Å². The van der Waals surface area contributed by atoms with Crippen LogP contribution < -0.4 is 0 Å². The van der Waals surface area contributed by atoms with Crippen LogP contribution in [0.3, 0.4) is 0 Å². The number of esters is 1. The zero-order valence-corrected chi connectivity index (χ0v) is 17.4. The molecule has 0 saturated carbocycles. The molecule has 0 amide bonds. The first kappa shape index (κ1) is 20.3. The Labute approximate surface area is 171 Å². The summed E-state index contributed by atoms with van der Waals surface area (Å²) in [7, 11) is -3.72. The lowest BCUT2D eigenvalue weighted by Crippen LogP contribution is -2.40. The van der Waals surface area contributed by atoms with E-state index in [1.165, 1.54) is 22.5 Å². The smallest absolute Gasteiger partial charge is 0.340 e. The summed E-state index contributed by atoms with van der Waals surface area (Å²) >= 11 is 9.43. The molecule has 1 saturated heterocycles. The molecule has 0 N–H and O–H groups in total. The molecule has 144 valence electrons. The second kappa shape index (κ2) is 8.70. The summed E-state index contributed by atoms with van der Waals surface area (Å²) in [5, 5.41) is 0.136. The number of sulfonamides is 1. The van der Waals surface area contributed by atoms with Gasteiger partial charge in [0.15, 0.2) is 0 Å². The van der Waals surface area contributed by atoms with Gasteiger partial charge in [-0.1, -0.05) is 39.7 Å². The highest BCUT2D eigenvalue weighted by Crippen LogP contribution is 2.24. The Morgan fingerprint density at radius 2 is 1.81 bits per heavy atom. The van der Waals surface area contributed by atoms with Gasteiger partial charge >= 0.3 is 5.97 Å². The van der Waals surface area contributed by atoms with Gasteiger partial charge in [0.25, 0.3) is 0 Å². The number of rotatable bonds is 5. The molecule has 0 aliphatic carbocycles. The average Bonchev–Trinajstić information content (AvgIpc) is 2.68. The average molecular weight is 475 g/mol. The van der Waals surface area contributed by atoms with Gasteiger partial charge < -0.3 is 9.47 Å². The molecule has 1 fully saturated rings. The van der Waals surface area contributed by atoms with Crippen LogP contribution in [0, 0.1) is 0 Å². The van der Waals surface area contributed by atoms with Crippen molar-refractivity contribution in [3.63, 3.8) is 0 Å². The van der Waals surface area contributed by atoms with Crippen molar-refractivity contribution in [3.8, 4) is 0 Å². The van der Waals surface area contributed by atoms with E-state index >= 15 is 0 Å². The molecule has 0 spiro atoms. The van der Waals surface area contributed by atoms with Crippen molar-refractivity contribution in [1.82, 2.24) is 4.31 Å². The maximum Gasteiger partial charge on any atom is 0.340 e. The van der Waals surface area contributed by atoms with Crippen LogP contribution in [0.4, 0.5) is 0 Å². The molecule has 9 heteroatoms. The van der Waals surface area contributed by atoms with Gasteiger partial charge in [-0.05, 0) is 35.9 Å². The maximum absolute atomic E-state index is 12.8. The number of carbonyl (C=O) groups excluding carboxylic acids is 1. The fourth-order valence-corrected chi connectivity index (χ4v) is 4.46. The largest absolute Gasteiger partial charge is 0.457 e. The predicted molar refractivity (Wildman–Crippen MR) is 104 cm³/mol. The monoisotopic (exact) mass is 473 g/mol. The predicted octanol–water partition coefficient (Wildman–Crippen LogP) is 3.48. The number of morpholine rings is 1. The highest BCUT2D eigenvalue weighted by Gasteiger charge is 2.27. The molecule has 0 aromatic heterocycles. The minimum Gasteiger partial charge on any atom is -0.457 e. The van der Waals surface area contributed by atoms with E-state index in [2.05, 4.69) is 15.9 Å². The summed E-state index contributed by atoms with van der Waals surface area (Å²) in [6.07, 6.45) is 0. The maximum atomic E-state index is 12.8. The van der Waals surface area contributed by atoms with Crippen molar-refractivity contribution in [3.05, 3.63) is 63.1 Å². The van der Waals surface area contributed by atoms with Crippen molar-refractivity contribution in [2.24, 2.45) is 0 Å². The van der Waals surface area contributed by atoms with Crippen LogP contribution in [0.25, 0.3) is 0 Å². The van der Waals surface area contributed by atoms with Gasteiger partial charge in [0.05, 0.1) is 28.7 Å². The number of carbonyl (C=O) groups is 1. The van der Waals surface area contributed by atoms with Crippen molar-refractivity contribution in [2.75, 3.05) is 26.3 Å². The fraction of sp³-hybridized carbons (Fsp3) is 0.278. The third-order valence-electron chi connectivity index (χ3n) is 4.05. The van der Waals surface area contributed by atoms with Crippen molar-refractivity contribution in [2.45, 2.75) is 11.5 Å². The first-order valence-corrected chi connectivity index (χ1v) is 10.8. The lowest BCUT2D eigenvalue weighted by molar-refractivity contribution is 0.0472. The van der Waals surface area contributed by atoms with Gasteiger partial charge in [-0.2, -0.15) is 4.31 Å². The minimum absolute atomic E-state index is 0.00407.